The van der Waals surface area contributed by atoms with Crippen LogP contribution in [0.5, 0.6) is 0 Å². The minimum atomic E-state index is -0.763. The molecule has 9 nitrogen and oxygen atoms in total. The molecule has 0 aromatic heterocycles. The fourth-order valence-electron chi connectivity index (χ4n) is 3.61. The Morgan fingerprint density at radius 1 is 1.09 bits per heavy atom. The van der Waals surface area contributed by atoms with Crippen LogP contribution >= 0.6 is 0 Å². The van der Waals surface area contributed by atoms with Gasteiger partial charge in [-0.15, -0.1) is 0 Å². The molecule has 192 valence electrons. The molecular weight excluding hydrogens is 452 g/mol. The van der Waals surface area contributed by atoms with Crippen LogP contribution in [0, 0.1) is 11.8 Å². The molecule has 0 aliphatic carbocycles. The highest BCUT2D eigenvalue weighted by atomic mass is 16.6. The molecule has 0 fully saturated rings. The van der Waals surface area contributed by atoms with Crippen molar-refractivity contribution in [3.8, 4) is 0 Å². The number of rotatable bonds is 7. The van der Waals surface area contributed by atoms with Crippen molar-refractivity contribution >= 4 is 23.8 Å². The molecular formula is C26H36N2O7. The van der Waals surface area contributed by atoms with E-state index in [1.165, 1.54) is 0 Å². The molecule has 0 radical (unpaired) electrons. The van der Waals surface area contributed by atoms with Gasteiger partial charge < -0.3 is 25.2 Å². The zero-order valence-corrected chi connectivity index (χ0v) is 20.6. The van der Waals surface area contributed by atoms with E-state index in [9.17, 15) is 19.2 Å². The molecule has 1 aromatic rings. The lowest BCUT2D eigenvalue weighted by molar-refractivity contribution is -0.164. The second-order valence-corrected chi connectivity index (χ2v) is 9.49. The van der Waals surface area contributed by atoms with E-state index in [4.69, 9.17) is 14.6 Å². The van der Waals surface area contributed by atoms with Crippen LogP contribution in [0.25, 0.3) is 0 Å². The van der Waals surface area contributed by atoms with E-state index in [1.807, 2.05) is 6.07 Å². The van der Waals surface area contributed by atoms with Gasteiger partial charge in [-0.1, -0.05) is 42.5 Å². The van der Waals surface area contributed by atoms with Gasteiger partial charge in [0.2, 0.25) is 11.8 Å². The fraction of sp³-hybridized carbons (Fsp3) is 0.538. The number of amides is 2. The summed E-state index contributed by atoms with van der Waals surface area (Å²) in [6, 6.07) is 9.01. The zero-order chi connectivity index (χ0) is 25.8. The van der Waals surface area contributed by atoms with Gasteiger partial charge in [0.25, 0.3) is 0 Å². The Balaban J connectivity index is 2.25. The van der Waals surface area contributed by atoms with Crippen LogP contribution in [-0.2, 0) is 28.7 Å². The third kappa shape index (κ3) is 10.3. The van der Waals surface area contributed by atoms with Gasteiger partial charge in [0.15, 0.2) is 0 Å². The minimum absolute atomic E-state index is 0.0201. The molecule has 2 rings (SSSR count). The Morgan fingerprint density at radius 3 is 2.37 bits per heavy atom. The smallest absolute Gasteiger partial charge is 0.310 e. The Morgan fingerprint density at radius 2 is 1.74 bits per heavy atom. The molecule has 3 N–H and O–H groups in total. The van der Waals surface area contributed by atoms with Crippen molar-refractivity contribution in [1.29, 1.82) is 0 Å². The molecule has 35 heavy (non-hydrogen) atoms. The van der Waals surface area contributed by atoms with Crippen molar-refractivity contribution < 1.29 is 33.8 Å². The molecule has 1 heterocycles. The van der Waals surface area contributed by atoms with Crippen LogP contribution in [0.3, 0.4) is 0 Å². The van der Waals surface area contributed by atoms with Crippen LogP contribution in [-0.4, -0.2) is 54.2 Å². The van der Waals surface area contributed by atoms with E-state index in [2.05, 4.69) is 10.6 Å². The molecule has 0 bridgehead atoms. The largest absolute Gasteiger partial charge is 0.460 e. The molecule has 2 amide bonds. The maximum Gasteiger partial charge on any atom is 0.310 e. The molecule has 1 aliphatic rings. The Kier molecular flexibility index (Phi) is 10.9. The number of allylic oxidation sites excluding steroid dienone is 2. The summed E-state index contributed by atoms with van der Waals surface area (Å²) in [7, 11) is 0. The number of esters is 2. The van der Waals surface area contributed by atoms with Crippen LogP contribution in [0.2, 0.25) is 0 Å². The lowest BCUT2D eigenvalue weighted by Gasteiger charge is -2.25. The van der Waals surface area contributed by atoms with Crippen LogP contribution in [0.1, 0.15) is 58.1 Å². The van der Waals surface area contributed by atoms with Gasteiger partial charge in [0, 0.05) is 13.0 Å². The molecule has 1 aromatic carbocycles. The summed E-state index contributed by atoms with van der Waals surface area (Å²) in [6.45, 7) is 5.22. The van der Waals surface area contributed by atoms with Crippen LogP contribution in [0.15, 0.2) is 42.5 Å². The van der Waals surface area contributed by atoms with Gasteiger partial charge >= 0.3 is 11.9 Å². The highest BCUT2D eigenvalue weighted by Gasteiger charge is 2.30. The standard InChI is InChI=1S/C26H36N2O7/c1-26(2,3)35-23(31)16-20-12-8-7-11-19(15-22(30)27-13-14-29)24(32)28-17-21(34-25(20)33)18-9-5-4-6-10-18/h4-10,19-21,29H,11-17H2,1-3H3,(H,27,30)(H,28,32)/b8-7-/t19-,20+,21-/m0/s1. The third-order valence-electron chi connectivity index (χ3n) is 5.30. The van der Waals surface area contributed by atoms with Crippen molar-refractivity contribution in [3.05, 3.63) is 48.0 Å². The number of benzene rings is 1. The Bertz CT molecular complexity index is 893. The Labute approximate surface area is 206 Å². The molecule has 0 saturated heterocycles. The number of cyclic esters (lactones) is 1. The number of aliphatic hydroxyl groups is 1. The fourth-order valence-corrected chi connectivity index (χ4v) is 3.61. The summed E-state index contributed by atoms with van der Waals surface area (Å²) < 4.78 is 11.2. The predicted octanol–water partition coefficient (Wildman–Crippen LogP) is 2.20. The molecule has 3 atom stereocenters. The summed E-state index contributed by atoms with van der Waals surface area (Å²) in [6.07, 6.45) is 3.01. The summed E-state index contributed by atoms with van der Waals surface area (Å²) in [5, 5.41) is 14.3. The predicted molar refractivity (Wildman–Crippen MR) is 129 cm³/mol. The zero-order valence-electron chi connectivity index (χ0n) is 20.6. The van der Waals surface area contributed by atoms with Gasteiger partial charge in [0.05, 0.1) is 31.4 Å². The molecule has 0 spiro atoms. The number of aliphatic hydroxyl groups excluding tert-OH is 1. The van der Waals surface area contributed by atoms with E-state index in [0.717, 1.165) is 0 Å². The van der Waals surface area contributed by atoms with Gasteiger partial charge in [0.1, 0.15) is 11.7 Å². The molecule has 9 heteroatoms. The van der Waals surface area contributed by atoms with Gasteiger partial charge in [-0.25, -0.2) is 0 Å². The quantitative estimate of drug-likeness (QED) is 0.396. The van der Waals surface area contributed by atoms with Crippen LogP contribution in [0.4, 0.5) is 0 Å². The van der Waals surface area contributed by atoms with Crippen molar-refractivity contribution in [1.82, 2.24) is 10.6 Å². The summed E-state index contributed by atoms with van der Waals surface area (Å²) in [5.74, 6) is -3.12. The summed E-state index contributed by atoms with van der Waals surface area (Å²) >= 11 is 0. The van der Waals surface area contributed by atoms with Crippen molar-refractivity contribution in [3.63, 3.8) is 0 Å². The van der Waals surface area contributed by atoms with E-state index in [-0.39, 0.29) is 57.2 Å². The monoisotopic (exact) mass is 488 g/mol. The molecule has 0 saturated carbocycles. The van der Waals surface area contributed by atoms with Crippen molar-refractivity contribution in [2.75, 3.05) is 19.7 Å². The number of ether oxygens (including phenoxy) is 2. The lowest BCUT2D eigenvalue weighted by atomic mass is 9.96. The first-order chi connectivity index (χ1) is 16.6. The van der Waals surface area contributed by atoms with Crippen molar-refractivity contribution in [2.24, 2.45) is 11.8 Å². The van der Waals surface area contributed by atoms with E-state index >= 15 is 0 Å². The average molecular weight is 489 g/mol. The minimum Gasteiger partial charge on any atom is -0.460 e. The average Bonchev–Trinajstić information content (AvgIpc) is 2.79. The SMILES string of the molecule is CC(C)(C)OC(=O)C[C@H]1C/C=C\C[C@@H](CC(=O)NCCO)C(=O)NC[C@@H](c2ccccc2)OC1=O. The van der Waals surface area contributed by atoms with E-state index in [0.29, 0.717) is 5.56 Å². The van der Waals surface area contributed by atoms with Gasteiger partial charge in [-0.3, -0.25) is 19.2 Å². The molecule has 1 aliphatic heterocycles. The Hall–Kier alpha value is -3.20. The number of carbonyl (C=O) groups excluding carboxylic acids is 4. The second kappa shape index (κ2) is 13.6. The van der Waals surface area contributed by atoms with Crippen LogP contribution < -0.4 is 10.6 Å². The number of hydrogen-bond donors (Lipinski definition) is 3. The van der Waals surface area contributed by atoms with E-state index < -0.39 is 35.5 Å². The first kappa shape index (κ1) is 28.0. The topological polar surface area (TPSA) is 131 Å². The highest BCUT2D eigenvalue weighted by molar-refractivity contribution is 5.86. The first-order valence-corrected chi connectivity index (χ1v) is 11.9. The number of hydrogen-bond acceptors (Lipinski definition) is 7. The second-order valence-electron chi connectivity index (χ2n) is 9.49. The number of nitrogens with one attached hydrogen (secondary N) is 2. The van der Waals surface area contributed by atoms with E-state index in [1.54, 1.807) is 57.2 Å². The summed E-state index contributed by atoms with van der Waals surface area (Å²) in [5.41, 5.74) is 0.0186. The summed E-state index contributed by atoms with van der Waals surface area (Å²) in [4.78, 5) is 50.5. The normalized spacial score (nSPS) is 22.6. The third-order valence-corrected chi connectivity index (χ3v) is 5.30. The van der Waals surface area contributed by atoms with Crippen molar-refractivity contribution in [2.45, 2.75) is 58.2 Å². The molecule has 0 unspecified atom stereocenters. The first-order valence-electron chi connectivity index (χ1n) is 11.9. The number of carbonyl (C=O) groups is 4. The lowest BCUT2D eigenvalue weighted by Crippen LogP contribution is -2.38. The maximum absolute atomic E-state index is 13.1. The maximum atomic E-state index is 13.1. The van der Waals surface area contributed by atoms with Gasteiger partial charge in [-0.2, -0.15) is 0 Å². The van der Waals surface area contributed by atoms with Gasteiger partial charge in [-0.05, 0) is 39.2 Å². The highest BCUT2D eigenvalue weighted by Crippen LogP contribution is 2.24.